The van der Waals surface area contributed by atoms with Gasteiger partial charge in [-0.05, 0) is 37.3 Å². The standard InChI is InChI=1S/C21H23N3O4S/c1-2-28-21(27)18-14-9-6-10-16(14)29-20(18)22-19(26)15-11-17(25)23-24(15)12-13-7-4-3-5-8-13/h3-5,7-8,15H,2,6,9-12H2,1H3,(H,22,26)(H,23,25). The fourth-order valence-electron chi connectivity index (χ4n) is 3.84. The largest absolute Gasteiger partial charge is 0.462 e. The van der Waals surface area contributed by atoms with E-state index in [1.54, 1.807) is 11.9 Å². The molecule has 1 saturated heterocycles. The number of ether oxygens (including phenoxy) is 1. The summed E-state index contributed by atoms with van der Waals surface area (Å²) in [7, 11) is 0. The summed E-state index contributed by atoms with van der Waals surface area (Å²) in [6, 6.07) is 9.00. The first-order valence-electron chi connectivity index (χ1n) is 9.79. The summed E-state index contributed by atoms with van der Waals surface area (Å²) >= 11 is 1.44. The summed E-state index contributed by atoms with van der Waals surface area (Å²) in [5.74, 6) is -0.894. The van der Waals surface area contributed by atoms with Gasteiger partial charge in [0.05, 0.1) is 18.6 Å². The highest BCUT2D eigenvalue weighted by atomic mass is 32.1. The molecule has 0 radical (unpaired) electrons. The predicted molar refractivity (Wildman–Crippen MR) is 109 cm³/mol. The smallest absolute Gasteiger partial charge is 0.341 e. The Hall–Kier alpha value is -2.71. The van der Waals surface area contributed by atoms with Crippen molar-refractivity contribution in [2.75, 3.05) is 11.9 Å². The maximum Gasteiger partial charge on any atom is 0.341 e. The number of esters is 1. The molecule has 0 bridgehead atoms. The van der Waals surface area contributed by atoms with E-state index in [4.69, 9.17) is 4.74 Å². The highest BCUT2D eigenvalue weighted by Gasteiger charge is 2.37. The number of benzene rings is 1. The molecule has 29 heavy (non-hydrogen) atoms. The molecule has 1 fully saturated rings. The lowest BCUT2D eigenvalue weighted by atomic mass is 10.1. The predicted octanol–water partition coefficient (Wildman–Crippen LogP) is 2.66. The molecule has 1 atom stereocenters. The average Bonchev–Trinajstić information content (AvgIpc) is 3.37. The number of hydrogen-bond donors (Lipinski definition) is 2. The van der Waals surface area contributed by atoms with Crippen LogP contribution in [0, 0.1) is 0 Å². The minimum absolute atomic E-state index is 0.0818. The number of nitrogens with zero attached hydrogens (tertiary/aromatic N) is 1. The number of aryl methyl sites for hydroxylation is 1. The fourth-order valence-corrected chi connectivity index (χ4v) is 5.12. The van der Waals surface area contributed by atoms with Crippen LogP contribution in [0.1, 0.15) is 46.1 Å². The molecule has 2 amide bonds. The number of carbonyl (C=O) groups is 3. The third kappa shape index (κ3) is 4.04. The van der Waals surface area contributed by atoms with Crippen LogP contribution in [0.15, 0.2) is 30.3 Å². The molecule has 2 N–H and O–H groups in total. The summed E-state index contributed by atoms with van der Waals surface area (Å²) in [5.41, 5.74) is 5.22. The molecule has 1 aromatic carbocycles. The average molecular weight is 413 g/mol. The Morgan fingerprint density at radius 3 is 2.83 bits per heavy atom. The van der Waals surface area contributed by atoms with Crippen LogP contribution in [0.3, 0.4) is 0 Å². The van der Waals surface area contributed by atoms with Crippen molar-refractivity contribution in [2.24, 2.45) is 0 Å². The van der Waals surface area contributed by atoms with Crippen LogP contribution >= 0.6 is 11.3 Å². The molecule has 2 aromatic rings. The van der Waals surface area contributed by atoms with Gasteiger partial charge in [-0.3, -0.25) is 15.0 Å². The van der Waals surface area contributed by atoms with Gasteiger partial charge in [0.25, 0.3) is 0 Å². The van der Waals surface area contributed by atoms with Crippen LogP contribution in [0.2, 0.25) is 0 Å². The SMILES string of the molecule is CCOC(=O)c1c(NC(=O)C2CC(=O)NN2Cc2ccccc2)sc2c1CCC2. The molecule has 2 aliphatic rings. The van der Waals surface area contributed by atoms with E-state index in [0.717, 1.165) is 35.3 Å². The van der Waals surface area contributed by atoms with Crippen LogP contribution in [-0.4, -0.2) is 35.4 Å². The lowest BCUT2D eigenvalue weighted by Gasteiger charge is -2.22. The summed E-state index contributed by atoms with van der Waals surface area (Å²) in [5, 5.41) is 5.08. The number of hydrogen-bond acceptors (Lipinski definition) is 6. The molecule has 0 saturated carbocycles. The minimum Gasteiger partial charge on any atom is -0.462 e. The Morgan fingerprint density at radius 1 is 1.28 bits per heavy atom. The number of carbonyl (C=O) groups excluding carboxylic acids is 3. The number of nitrogens with one attached hydrogen (secondary N) is 2. The molecule has 1 unspecified atom stereocenters. The molecule has 1 aliphatic carbocycles. The van der Waals surface area contributed by atoms with E-state index in [2.05, 4.69) is 10.7 Å². The van der Waals surface area contributed by atoms with Crippen molar-refractivity contribution < 1.29 is 19.1 Å². The molecular formula is C21H23N3O4S. The van der Waals surface area contributed by atoms with Gasteiger partial charge >= 0.3 is 5.97 Å². The van der Waals surface area contributed by atoms with Gasteiger partial charge in [0.15, 0.2) is 0 Å². The van der Waals surface area contributed by atoms with Crippen LogP contribution in [-0.2, 0) is 33.7 Å². The van der Waals surface area contributed by atoms with Gasteiger partial charge in [-0.25, -0.2) is 9.80 Å². The Labute approximate surface area is 173 Å². The van der Waals surface area contributed by atoms with Crippen LogP contribution in [0.25, 0.3) is 0 Å². The lowest BCUT2D eigenvalue weighted by Crippen LogP contribution is -2.43. The zero-order valence-electron chi connectivity index (χ0n) is 16.2. The Balaban J connectivity index is 1.54. The van der Waals surface area contributed by atoms with E-state index in [-0.39, 0.29) is 24.8 Å². The Bertz CT molecular complexity index is 941. The second-order valence-corrected chi connectivity index (χ2v) is 8.24. The van der Waals surface area contributed by atoms with Crippen LogP contribution < -0.4 is 10.7 Å². The van der Waals surface area contributed by atoms with Crippen molar-refractivity contribution in [3.8, 4) is 0 Å². The zero-order valence-corrected chi connectivity index (χ0v) is 17.0. The van der Waals surface area contributed by atoms with E-state index < -0.39 is 12.0 Å². The van der Waals surface area contributed by atoms with Gasteiger partial charge < -0.3 is 10.1 Å². The number of hydrazine groups is 1. The van der Waals surface area contributed by atoms with Crippen molar-refractivity contribution in [1.29, 1.82) is 0 Å². The molecule has 0 spiro atoms. The van der Waals surface area contributed by atoms with Gasteiger partial charge in [0.1, 0.15) is 11.0 Å². The van der Waals surface area contributed by atoms with Crippen molar-refractivity contribution in [3.05, 3.63) is 51.9 Å². The first-order chi connectivity index (χ1) is 14.1. The van der Waals surface area contributed by atoms with E-state index in [1.807, 2.05) is 30.3 Å². The number of fused-ring (bicyclic) bond motifs is 1. The molecule has 7 nitrogen and oxygen atoms in total. The molecule has 2 heterocycles. The second-order valence-electron chi connectivity index (χ2n) is 7.14. The minimum atomic E-state index is -0.644. The fraction of sp³-hybridized carbons (Fsp3) is 0.381. The van der Waals surface area contributed by atoms with Gasteiger partial charge in [-0.2, -0.15) is 0 Å². The van der Waals surface area contributed by atoms with Gasteiger partial charge in [0.2, 0.25) is 11.8 Å². The van der Waals surface area contributed by atoms with Crippen molar-refractivity contribution >= 4 is 34.1 Å². The Kier molecular flexibility index (Phi) is 5.64. The van der Waals surface area contributed by atoms with Crippen molar-refractivity contribution in [3.63, 3.8) is 0 Å². The lowest BCUT2D eigenvalue weighted by molar-refractivity contribution is -0.121. The van der Waals surface area contributed by atoms with Crippen LogP contribution in [0.4, 0.5) is 5.00 Å². The molecule has 1 aliphatic heterocycles. The first kappa shape index (κ1) is 19.6. The summed E-state index contributed by atoms with van der Waals surface area (Å²) in [6.45, 7) is 2.47. The van der Waals surface area contributed by atoms with Crippen molar-refractivity contribution in [2.45, 2.75) is 45.2 Å². The van der Waals surface area contributed by atoms with E-state index in [1.165, 1.54) is 11.3 Å². The maximum absolute atomic E-state index is 13.0. The third-order valence-corrected chi connectivity index (χ3v) is 6.37. The highest BCUT2D eigenvalue weighted by molar-refractivity contribution is 7.17. The number of rotatable bonds is 6. The van der Waals surface area contributed by atoms with E-state index in [9.17, 15) is 14.4 Å². The molecule has 8 heteroatoms. The monoisotopic (exact) mass is 413 g/mol. The number of amides is 2. The zero-order chi connectivity index (χ0) is 20.4. The topological polar surface area (TPSA) is 87.7 Å². The van der Waals surface area contributed by atoms with Gasteiger partial charge in [-0.15, -0.1) is 11.3 Å². The second kappa shape index (κ2) is 8.34. The number of thiophene rings is 1. The molecule has 1 aromatic heterocycles. The number of anilines is 1. The molecule has 4 rings (SSSR count). The quantitative estimate of drug-likeness (QED) is 0.711. The third-order valence-electron chi connectivity index (χ3n) is 5.16. The maximum atomic E-state index is 13.0. The summed E-state index contributed by atoms with van der Waals surface area (Å²) in [4.78, 5) is 38.6. The normalized spacial score (nSPS) is 18.4. The first-order valence-corrected chi connectivity index (χ1v) is 10.6. The molecule has 152 valence electrons. The van der Waals surface area contributed by atoms with Crippen LogP contribution in [0.5, 0.6) is 0 Å². The van der Waals surface area contributed by atoms with Gasteiger partial charge in [0, 0.05) is 11.4 Å². The highest BCUT2D eigenvalue weighted by Crippen LogP contribution is 2.39. The summed E-state index contributed by atoms with van der Waals surface area (Å²) in [6.07, 6.45) is 2.82. The summed E-state index contributed by atoms with van der Waals surface area (Å²) < 4.78 is 5.22. The van der Waals surface area contributed by atoms with Gasteiger partial charge in [-0.1, -0.05) is 30.3 Å². The van der Waals surface area contributed by atoms with Crippen molar-refractivity contribution in [1.82, 2.24) is 10.4 Å². The van der Waals surface area contributed by atoms with E-state index in [0.29, 0.717) is 17.1 Å². The van der Waals surface area contributed by atoms with E-state index >= 15 is 0 Å². The Morgan fingerprint density at radius 2 is 2.07 bits per heavy atom. The molecular weight excluding hydrogens is 390 g/mol.